The zero-order valence-corrected chi connectivity index (χ0v) is 11.4. The molecule has 2 unspecified atom stereocenters. The summed E-state index contributed by atoms with van der Waals surface area (Å²) in [5.41, 5.74) is 0.662. The fourth-order valence-corrected chi connectivity index (χ4v) is 1.83. The molecule has 0 aliphatic heterocycles. The van der Waals surface area contributed by atoms with E-state index in [0.29, 0.717) is 17.1 Å². The molecule has 0 saturated heterocycles. The van der Waals surface area contributed by atoms with Gasteiger partial charge < -0.3 is 15.7 Å². The van der Waals surface area contributed by atoms with Gasteiger partial charge in [0.1, 0.15) is 0 Å². The predicted molar refractivity (Wildman–Crippen MR) is 72.6 cm³/mol. The summed E-state index contributed by atoms with van der Waals surface area (Å²) in [7, 11) is 0. The lowest BCUT2D eigenvalue weighted by Gasteiger charge is -2.17. The molecule has 100 valence electrons. The zero-order valence-electron chi connectivity index (χ0n) is 10.6. The first-order valence-corrected chi connectivity index (χ1v) is 6.37. The van der Waals surface area contributed by atoms with E-state index in [-0.39, 0.29) is 18.5 Å². The summed E-state index contributed by atoms with van der Waals surface area (Å²) in [4.78, 5) is 11.5. The highest BCUT2D eigenvalue weighted by Crippen LogP contribution is 2.21. The number of rotatable bonds is 6. The zero-order chi connectivity index (χ0) is 13.5. The van der Waals surface area contributed by atoms with Crippen molar-refractivity contribution in [2.45, 2.75) is 26.0 Å². The van der Waals surface area contributed by atoms with Crippen LogP contribution in [0.2, 0.25) is 5.02 Å². The number of amides is 1. The van der Waals surface area contributed by atoms with E-state index in [1.807, 2.05) is 19.1 Å². The molecule has 1 aromatic rings. The lowest BCUT2D eigenvalue weighted by molar-refractivity contribution is -0.122. The molecule has 0 aromatic heterocycles. The summed E-state index contributed by atoms with van der Waals surface area (Å²) in [6.07, 6.45) is -0.726. The van der Waals surface area contributed by atoms with Crippen molar-refractivity contribution in [3.63, 3.8) is 0 Å². The van der Waals surface area contributed by atoms with Crippen molar-refractivity contribution in [2.75, 3.05) is 13.1 Å². The highest BCUT2D eigenvalue weighted by Gasteiger charge is 2.15. The lowest BCUT2D eigenvalue weighted by Crippen LogP contribution is -2.43. The molecular formula is C13H19ClN2O2. The summed E-state index contributed by atoms with van der Waals surface area (Å²) in [5.74, 6) is -0.0798. The van der Waals surface area contributed by atoms with E-state index in [9.17, 15) is 9.90 Å². The van der Waals surface area contributed by atoms with E-state index in [1.165, 1.54) is 0 Å². The number of carbonyl (C=O) groups excluding carboxylic acids is 1. The molecule has 1 rings (SSSR count). The number of aliphatic hydroxyl groups excluding tert-OH is 1. The van der Waals surface area contributed by atoms with Crippen LogP contribution in [0.25, 0.3) is 0 Å². The molecule has 0 radical (unpaired) electrons. The van der Waals surface area contributed by atoms with Gasteiger partial charge in [0, 0.05) is 23.7 Å². The Hall–Kier alpha value is -1.10. The Morgan fingerprint density at radius 1 is 1.44 bits per heavy atom. The van der Waals surface area contributed by atoms with Gasteiger partial charge in [-0.15, -0.1) is 0 Å². The molecule has 3 N–H and O–H groups in total. The third-order valence-corrected chi connectivity index (χ3v) is 2.97. The van der Waals surface area contributed by atoms with Gasteiger partial charge in [0.15, 0.2) is 0 Å². The van der Waals surface area contributed by atoms with Crippen LogP contribution in [0, 0.1) is 0 Å². The summed E-state index contributed by atoms with van der Waals surface area (Å²) in [5, 5.41) is 16.2. The van der Waals surface area contributed by atoms with Gasteiger partial charge in [-0.3, -0.25) is 4.79 Å². The van der Waals surface area contributed by atoms with Crippen molar-refractivity contribution in [3.8, 4) is 0 Å². The number of aliphatic hydroxyl groups is 1. The van der Waals surface area contributed by atoms with Gasteiger partial charge in [0.25, 0.3) is 0 Å². The largest absolute Gasteiger partial charge is 0.387 e. The monoisotopic (exact) mass is 270 g/mol. The van der Waals surface area contributed by atoms with Crippen LogP contribution in [-0.4, -0.2) is 30.1 Å². The van der Waals surface area contributed by atoms with Gasteiger partial charge in [-0.2, -0.15) is 0 Å². The van der Waals surface area contributed by atoms with Gasteiger partial charge in [-0.25, -0.2) is 0 Å². The van der Waals surface area contributed by atoms with Crippen molar-refractivity contribution in [3.05, 3.63) is 34.9 Å². The Morgan fingerprint density at radius 2 is 2.11 bits per heavy atom. The average molecular weight is 271 g/mol. The first kappa shape index (κ1) is 15.0. The Bertz CT molecular complexity index is 398. The predicted octanol–water partition coefficient (Wildman–Crippen LogP) is 1.49. The second kappa shape index (κ2) is 7.36. The number of likely N-dealkylation sites (N-methyl/N-ethyl adjacent to an activating group) is 1. The van der Waals surface area contributed by atoms with E-state index in [1.54, 1.807) is 19.1 Å². The van der Waals surface area contributed by atoms with Crippen molar-refractivity contribution >= 4 is 17.5 Å². The second-order valence-corrected chi connectivity index (χ2v) is 4.47. The van der Waals surface area contributed by atoms with Gasteiger partial charge >= 0.3 is 0 Å². The molecule has 0 saturated carbocycles. The number of benzene rings is 1. The molecular weight excluding hydrogens is 252 g/mol. The summed E-state index contributed by atoms with van der Waals surface area (Å²) in [6.45, 7) is 4.49. The van der Waals surface area contributed by atoms with Crippen LogP contribution in [-0.2, 0) is 4.79 Å². The summed E-state index contributed by atoms with van der Waals surface area (Å²) in [6, 6.07) is 6.78. The van der Waals surface area contributed by atoms with Crippen molar-refractivity contribution < 1.29 is 9.90 Å². The van der Waals surface area contributed by atoms with Gasteiger partial charge in [-0.1, -0.05) is 29.8 Å². The fourth-order valence-electron chi connectivity index (χ4n) is 1.56. The maximum absolute atomic E-state index is 11.5. The van der Waals surface area contributed by atoms with E-state index in [0.717, 1.165) is 0 Å². The molecule has 2 atom stereocenters. The van der Waals surface area contributed by atoms with Gasteiger partial charge in [0.2, 0.25) is 5.91 Å². The third kappa shape index (κ3) is 4.29. The number of hydrogen-bond acceptors (Lipinski definition) is 3. The molecule has 1 amide bonds. The number of carbonyl (C=O) groups is 1. The molecule has 0 spiro atoms. The molecule has 4 nitrogen and oxygen atoms in total. The number of hydrogen-bond donors (Lipinski definition) is 3. The first-order chi connectivity index (χ1) is 8.56. The second-order valence-electron chi connectivity index (χ2n) is 4.06. The van der Waals surface area contributed by atoms with Crippen molar-refractivity contribution in [1.82, 2.24) is 10.6 Å². The lowest BCUT2D eigenvalue weighted by atomic mass is 10.1. The number of nitrogens with one attached hydrogen (secondary N) is 2. The Morgan fingerprint density at radius 3 is 2.72 bits per heavy atom. The smallest absolute Gasteiger partial charge is 0.236 e. The SMILES string of the molecule is CCNC(=O)C(C)NCC(O)c1ccccc1Cl. The molecule has 0 heterocycles. The van der Waals surface area contributed by atoms with Crippen LogP contribution in [0.4, 0.5) is 0 Å². The third-order valence-electron chi connectivity index (χ3n) is 2.63. The molecule has 0 bridgehead atoms. The average Bonchev–Trinajstić information content (AvgIpc) is 2.36. The summed E-state index contributed by atoms with van der Waals surface area (Å²) >= 11 is 5.98. The van der Waals surface area contributed by atoms with Crippen molar-refractivity contribution in [1.29, 1.82) is 0 Å². The van der Waals surface area contributed by atoms with E-state index >= 15 is 0 Å². The topological polar surface area (TPSA) is 61.4 Å². The molecule has 0 fully saturated rings. The van der Waals surface area contributed by atoms with Crippen LogP contribution >= 0.6 is 11.6 Å². The highest BCUT2D eigenvalue weighted by atomic mass is 35.5. The Balaban J connectivity index is 2.49. The minimum atomic E-state index is -0.726. The fraction of sp³-hybridized carbons (Fsp3) is 0.462. The minimum Gasteiger partial charge on any atom is -0.387 e. The highest BCUT2D eigenvalue weighted by molar-refractivity contribution is 6.31. The van der Waals surface area contributed by atoms with Gasteiger partial charge in [-0.05, 0) is 19.9 Å². The minimum absolute atomic E-state index is 0.0798. The van der Waals surface area contributed by atoms with E-state index < -0.39 is 6.10 Å². The maximum Gasteiger partial charge on any atom is 0.236 e. The van der Waals surface area contributed by atoms with E-state index in [2.05, 4.69) is 10.6 Å². The quantitative estimate of drug-likeness (QED) is 0.734. The van der Waals surface area contributed by atoms with Crippen molar-refractivity contribution in [2.24, 2.45) is 0 Å². The van der Waals surface area contributed by atoms with Crippen LogP contribution in [0.5, 0.6) is 0 Å². The Kier molecular flexibility index (Phi) is 6.12. The van der Waals surface area contributed by atoms with Crippen LogP contribution < -0.4 is 10.6 Å². The van der Waals surface area contributed by atoms with Crippen LogP contribution in [0.15, 0.2) is 24.3 Å². The summed E-state index contributed by atoms with van der Waals surface area (Å²) < 4.78 is 0. The molecule has 1 aromatic carbocycles. The molecule has 0 aliphatic carbocycles. The maximum atomic E-state index is 11.5. The molecule has 5 heteroatoms. The van der Waals surface area contributed by atoms with Gasteiger partial charge in [0.05, 0.1) is 12.1 Å². The molecule has 18 heavy (non-hydrogen) atoms. The number of halogens is 1. The first-order valence-electron chi connectivity index (χ1n) is 5.99. The normalized spacial score (nSPS) is 14.0. The Labute approximate surface area is 112 Å². The van der Waals surface area contributed by atoms with E-state index in [4.69, 9.17) is 11.6 Å². The van der Waals surface area contributed by atoms with Crippen LogP contribution in [0.3, 0.4) is 0 Å². The van der Waals surface area contributed by atoms with Crippen LogP contribution in [0.1, 0.15) is 25.5 Å². The standard InChI is InChI=1S/C13H19ClN2O2/c1-3-15-13(18)9(2)16-8-12(17)10-6-4-5-7-11(10)14/h4-7,9,12,16-17H,3,8H2,1-2H3,(H,15,18). The molecule has 0 aliphatic rings.